The second-order valence-corrected chi connectivity index (χ2v) is 5.71. The van der Waals surface area contributed by atoms with E-state index in [2.05, 4.69) is 10.1 Å². The summed E-state index contributed by atoms with van der Waals surface area (Å²) >= 11 is 0. The lowest BCUT2D eigenvalue weighted by molar-refractivity contribution is -0.145. The number of aromatic nitrogens is 4. The van der Waals surface area contributed by atoms with Crippen LogP contribution in [0.25, 0.3) is 0 Å². The summed E-state index contributed by atoms with van der Waals surface area (Å²) in [5.74, 6) is -0.0506. The van der Waals surface area contributed by atoms with Gasteiger partial charge in [0.2, 0.25) is 0 Å². The molecule has 134 valence electrons. The van der Waals surface area contributed by atoms with Crippen molar-refractivity contribution in [3.8, 4) is 0 Å². The van der Waals surface area contributed by atoms with Gasteiger partial charge in [-0.1, -0.05) is 6.07 Å². The number of halogens is 3. The minimum Gasteiger partial charge on any atom is -0.467 e. The number of aryl methyl sites for hydroxylation is 1. The first-order chi connectivity index (χ1) is 11.8. The van der Waals surface area contributed by atoms with Gasteiger partial charge >= 0.3 is 17.8 Å². The lowest BCUT2D eigenvalue weighted by Gasteiger charge is -2.20. The largest absolute Gasteiger partial charge is 0.467 e. The van der Waals surface area contributed by atoms with E-state index in [9.17, 15) is 22.8 Å². The highest BCUT2D eigenvalue weighted by molar-refractivity contribution is 5.74. The Morgan fingerprint density at radius 3 is 2.76 bits per heavy atom. The molecule has 0 fully saturated rings. The van der Waals surface area contributed by atoms with Gasteiger partial charge in [-0.25, -0.2) is 14.3 Å². The minimum atomic E-state index is -4.52. The number of methoxy groups -OCH3 is 1. The minimum absolute atomic E-state index is 0.0299. The number of nitrogens with zero attached hydrogens (tertiary/aromatic N) is 4. The van der Waals surface area contributed by atoms with Gasteiger partial charge < -0.3 is 4.74 Å². The number of ether oxygens (including phenoxy) is 1. The van der Waals surface area contributed by atoms with E-state index in [-0.39, 0.29) is 6.54 Å². The molecular formula is C15H15F3N4O3. The predicted octanol–water partition coefficient (Wildman–Crippen LogP) is 1.56. The summed E-state index contributed by atoms with van der Waals surface area (Å²) in [5.41, 5.74) is -1.09. The number of hydrogen-bond donors (Lipinski definition) is 0. The topological polar surface area (TPSA) is 79.0 Å². The summed E-state index contributed by atoms with van der Waals surface area (Å²) in [6, 6.07) is 1.38. The number of fused-ring (bicyclic) bond motifs is 1. The number of esters is 1. The third-order valence-corrected chi connectivity index (χ3v) is 4.05. The van der Waals surface area contributed by atoms with Gasteiger partial charge in [-0.2, -0.15) is 18.3 Å². The van der Waals surface area contributed by atoms with E-state index in [1.54, 1.807) is 0 Å². The molecule has 1 aliphatic rings. The summed E-state index contributed by atoms with van der Waals surface area (Å²) in [4.78, 5) is 27.7. The average Bonchev–Trinajstić information content (AvgIpc) is 2.90. The number of hydrogen-bond acceptors (Lipinski definition) is 5. The number of rotatable bonds is 3. The van der Waals surface area contributed by atoms with Crippen molar-refractivity contribution in [3.63, 3.8) is 0 Å². The molecule has 2 aromatic rings. The third kappa shape index (κ3) is 3.28. The number of carbonyl (C=O) groups excluding carboxylic acids is 1. The predicted molar refractivity (Wildman–Crippen MR) is 78.8 cm³/mol. The van der Waals surface area contributed by atoms with Crippen LogP contribution in [0.3, 0.4) is 0 Å². The second-order valence-electron chi connectivity index (χ2n) is 5.71. The first-order valence-corrected chi connectivity index (χ1v) is 7.59. The van der Waals surface area contributed by atoms with Crippen molar-refractivity contribution in [1.82, 2.24) is 19.3 Å². The van der Waals surface area contributed by atoms with E-state index in [4.69, 9.17) is 4.74 Å². The monoisotopic (exact) mass is 356 g/mol. The molecule has 0 saturated heterocycles. The molecule has 0 bridgehead atoms. The maximum absolute atomic E-state index is 12.5. The normalized spacial score (nSPS) is 17.2. The van der Waals surface area contributed by atoms with Crippen LogP contribution in [0.15, 0.2) is 23.1 Å². The van der Waals surface area contributed by atoms with Crippen molar-refractivity contribution in [2.75, 3.05) is 7.11 Å². The fourth-order valence-electron chi connectivity index (χ4n) is 2.85. The van der Waals surface area contributed by atoms with E-state index in [1.165, 1.54) is 17.7 Å². The Bertz CT molecular complexity index is 839. The van der Waals surface area contributed by atoms with Crippen molar-refractivity contribution in [2.24, 2.45) is 0 Å². The molecule has 1 aliphatic heterocycles. The van der Waals surface area contributed by atoms with Crippen molar-refractivity contribution in [1.29, 1.82) is 0 Å². The second kappa shape index (κ2) is 6.34. The fourth-order valence-corrected chi connectivity index (χ4v) is 2.85. The highest BCUT2D eigenvalue weighted by Crippen LogP contribution is 2.27. The molecule has 0 N–H and O–H groups in total. The molecular weight excluding hydrogens is 341 g/mol. The summed E-state index contributed by atoms with van der Waals surface area (Å²) in [6.07, 6.45) is -1.74. The molecule has 0 spiro atoms. The lowest BCUT2D eigenvalue weighted by atomic mass is 10.1. The molecule has 25 heavy (non-hydrogen) atoms. The Morgan fingerprint density at radius 2 is 2.16 bits per heavy atom. The van der Waals surface area contributed by atoms with Crippen LogP contribution in [0, 0.1) is 0 Å². The van der Waals surface area contributed by atoms with Crippen LogP contribution in [-0.4, -0.2) is 32.4 Å². The molecule has 3 heterocycles. The fraction of sp³-hybridized carbons (Fsp3) is 0.467. The summed E-state index contributed by atoms with van der Waals surface area (Å²) in [5, 5.41) is 4.19. The molecule has 0 saturated carbocycles. The molecule has 7 nitrogen and oxygen atoms in total. The zero-order chi connectivity index (χ0) is 18.2. The summed E-state index contributed by atoms with van der Waals surface area (Å²) < 4.78 is 44.8. The Morgan fingerprint density at radius 1 is 1.40 bits per heavy atom. The molecule has 10 heteroatoms. The Hall–Kier alpha value is -2.65. The van der Waals surface area contributed by atoms with Gasteiger partial charge in [-0.3, -0.25) is 9.55 Å². The van der Waals surface area contributed by atoms with Crippen molar-refractivity contribution in [2.45, 2.75) is 38.0 Å². The maximum atomic E-state index is 12.5. The van der Waals surface area contributed by atoms with Gasteiger partial charge in [0, 0.05) is 12.6 Å². The van der Waals surface area contributed by atoms with Gasteiger partial charge in [0.15, 0.2) is 0 Å². The third-order valence-electron chi connectivity index (χ3n) is 4.05. The van der Waals surface area contributed by atoms with Crippen LogP contribution >= 0.6 is 0 Å². The lowest BCUT2D eigenvalue weighted by Crippen LogP contribution is -2.35. The van der Waals surface area contributed by atoms with Crippen molar-refractivity contribution in [3.05, 3.63) is 45.9 Å². The molecule has 0 unspecified atom stereocenters. The molecule has 0 aromatic carbocycles. The molecule has 0 amide bonds. The van der Waals surface area contributed by atoms with Gasteiger partial charge in [-0.05, 0) is 24.5 Å². The Kier molecular flexibility index (Phi) is 4.36. The van der Waals surface area contributed by atoms with Crippen molar-refractivity contribution >= 4 is 5.97 Å². The molecule has 1 atom stereocenters. The zero-order valence-electron chi connectivity index (χ0n) is 13.3. The Balaban J connectivity index is 1.89. The van der Waals surface area contributed by atoms with E-state index in [1.807, 2.05) is 0 Å². The first kappa shape index (κ1) is 17.2. The van der Waals surface area contributed by atoms with E-state index in [0.29, 0.717) is 30.7 Å². The maximum Gasteiger partial charge on any atom is 0.433 e. The van der Waals surface area contributed by atoms with Crippen LogP contribution in [0.2, 0.25) is 0 Å². The SMILES string of the molecule is COC(=O)[C@@H]1CCCc2nn(Cc3ccc(C(F)(F)F)nc3)c(=O)n21. The smallest absolute Gasteiger partial charge is 0.433 e. The van der Waals surface area contributed by atoms with E-state index >= 15 is 0 Å². The van der Waals surface area contributed by atoms with Crippen LogP contribution < -0.4 is 5.69 Å². The Labute approximate surface area is 140 Å². The van der Waals surface area contributed by atoms with E-state index in [0.717, 1.165) is 16.9 Å². The first-order valence-electron chi connectivity index (χ1n) is 7.59. The average molecular weight is 356 g/mol. The number of pyridine rings is 1. The standard InChI is InChI=1S/C15H15F3N4O3/c1-25-13(23)10-3-2-4-12-20-21(14(24)22(10)12)8-9-5-6-11(19-7-9)15(16,17)18/h5-7,10H,2-4,8H2,1H3/t10-/m0/s1. The summed E-state index contributed by atoms with van der Waals surface area (Å²) in [6.45, 7) is -0.0299. The van der Waals surface area contributed by atoms with Gasteiger partial charge in [0.25, 0.3) is 0 Å². The quantitative estimate of drug-likeness (QED) is 0.780. The number of alkyl halides is 3. The molecule has 0 aliphatic carbocycles. The highest BCUT2D eigenvalue weighted by Gasteiger charge is 2.33. The van der Waals surface area contributed by atoms with Gasteiger partial charge in [0.1, 0.15) is 17.6 Å². The van der Waals surface area contributed by atoms with Gasteiger partial charge in [-0.15, -0.1) is 0 Å². The highest BCUT2D eigenvalue weighted by atomic mass is 19.4. The molecule has 3 rings (SSSR count). The molecule has 2 aromatic heterocycles. The number of carbonyl (C=O) groups is 1. The van der Waals surface area contributed by atoms with Crippen LogP contribution in [0.4, 0.5) is 13.2 Å². The van der Waals surface area contributed by atoms with E-state index < -0.39 is 29.6 Å². The van der Waals surface area contributed by atoms with Crippen molar-refractivity contribution < 1.29 is 22.7 Å². The van der Waals surface area contributed by atoms with Crippen LogP contribution in [0.5, 0.6) is 0 Å². The van der Waals surface area contributed by atoms with Crippen LogP contribution in [-0.2, 0) is 28.7 Å². The molecule has 0 radical (unpaired) electrons. The summed E-state index contributed by atoms with van der Waals surface area (Å²) in [7, 11) is 1.25. The van der Waals surface area contributed by atoms with Crippen LogP contribution in [0.1, 0.15) is 36.0 Å². The van der Waals surface area contributed by atoms with Gasteiger partial charge in [0.05, 0.1) is 13.7 Å². The zero-order valence-corrected chi connectivity index (χ0v) is 13.3.